The molecule has 1 heterocycles. The summed E-state index contributed by atoms with van der Waals surface area (Å²) >= 11 is 0. The topological polar surface area (TPSA) is 57.8 Å². The lowest BCUT2D eigenvalue weighted by Gasteiger charge is -2.05. The highest BCUT2D eigenvalue weighted by atomic mass is 19.1. The van der Waals surface area contributed by atoms with Crippen LogP contribution in [0.4, 0.5) is 14.5 Å². The van der Waals surface area contributed by atoms with Gasteiger partial charge in [-0.1, -0.05) is 13.3 Å². The van der Waals surface area contributed by atoms with Crippen LogP contribution in [-0.4, -0.2) is 16.7 Å². The van der Waals surface area contributed by atoms with Crippen LogP contribution in [-0.2, 0) is 0 Å². The van der Waals surface area contributed by atoms with Gasteiger partial charge in [0.2, 0.25) is 5.82 Å². The maximum absolute atomic E-state index is 13.0. The van der Waals surface area contributed by atoms with Crippen LogP contribution in [0.3, 0.4) is 0 Å². The van der Waals surface area contributed by atoms with Gasteiger partial charge < -0.3 is 5.32 Å². The number of hydrogen-bond acceptors (Lipinski definition) is 3. The highest BCUT2D eigenvalue weighted by Crippen LogP contribution is 2.11. The molecule has 0 spiro atoms. The molecule has 1 aromatic heterocycles. The molecule has 1 aromatic rings. The third kappa shape index (κ3) is 2.27. The third-order valence-corrected chi connectivity index (χ3v) is 1.71. The Morgan fingerprint density at radius 3 is 2.86 bits per heavy atom. The van der Waals surface area contributed by atoms with Crippen molar-refractivity contribution in [3.05, 3.63) is 22.1 Å². The van der Waals surface area contributed by atoms with E-state index in [0.29, 0.717) is 6.54 Å². The molecule has 0 atom stereocenters. The van der Waals surface area contributed by atoms with Crippen molar-refractivity contribution in [3.8, 4) is 0 Å². The molecule has 0 amide bonds. The number of nitrogens with zero attached hydrogens (tertiary/aromatic N) is 1. The fourth-order valence-corrected chi connectivity index (χ4v) is 0.950. The van der Waals surface area contributed by atoms with Crippen molar-refractivity contribution in [2.75, 3.05) is 11.9 Å². The standard InChI is InChI=1S/C8H11F2N3O/c1-2-3-4-11-6-5(9)8(14)13-12-7(6)10/h2-4H2,1H3,(H2,11,13,14). The average Bonchev–Trinajstić information content (AvgIpc) is 2.18. The Morgan fingerprint density at radius 2 is 2.21 bits per heavy atom. The predicted octanol–water partition coefficient (Wildman–Crippen LogP) is 1.26. The average molecular weight is 203 g/mol. The molecule has 0 aliphatic carbocycles. The van der Waals surface area contributed by atoms with Crippen LogP contribution >= 0.6 is 0 Å². The van der Waals surface area contributed by atoms with Crippen molar-refractivity contribution in [1.82, 2.24) is 10.2 Å². The molecule has 2 N–H and O–H groups in total. The van der Waals surface area contributed by atoms with Crippen LogP contribution in [0.2, 0.25) is 0 Å². The molecule has 0 saturated heterocycles. The van der Waals surface area contributed by atoms with E-state index in [2.05, 4.69) is 10.4 Å². The van der Waals surface area contributed by atoms with Gasteiger partial charge in [0, 0.05) is 6.54 Å². The monoisotopic (exact) mass is 203 g/mol. The van der Waals surface area contributed by atoms with Crippen LogP contribution in [0.25, 0.3) is 0 Å². The zero-order chi connectivity index (χ0) is 10.6. The summed E-state index contributed by atoms with van der Waals surface area (Å²) in [6.45, 7) is 2.36. The molecular formula is C8H11F2N3O. The molecule has 14 heavy (non-hydrogen) atoms. The highest BCUT2D eigenvalue weighted by Gasteiger charge is 2.12. The Hall–Kier alpha value is -1.46. The van der Waals surface area contributed by atoms with E-state index in [1.165, 1.54) is 0 Å². The quantitative estimate of drug-likeness (QED) is 0.724. The van der Waals surface area contributed by atoms with E-state index in [0.717, 1.165) is 12.8 Å². The minimum absolute atomic E-state index is 0.412. The van der Waals surface area contributed by atoms with Gasteiger partial charge in [-0.25, -0.2) is 5.10 Å². The SMILES string of the molecule is CCCCNc1c(F)n[nH]c(=O)c1F. The summed E-state index contributed by atoms with van der Waals surface area (Å²) in [5, 5.41) is 7.21. The molecule has 0 radical (unpaired) electrons. The minimum Gasteiger partial charge on any atom is -0.379 e. The van der Waals surface area contributed by atoms with Crippen molar-refractivity contribution >= 4 is 5.69 Å². The molecule has 4 nitrogen and oxygen atoms in total. The van der Waals surface area contributed by atoms with Gasteiger partial charge in [-0.05, 0) is 6.42 Å². The number of unbranched alkanes of at least 4 members (excludes halogenated alkanes) is 1. The smallest absolute Gasteiger partial charge is 0.302 e. The summed E-state index contributed by atoms with van der Waals surface area (Å²) in [7, 11) is 0. The Bertz CT molecular complexity index is 364. The normalized spacial score (nSPS) is 10.2. The number of rotatable bonds is 4. The van der Waals surface area contributed by atoms with Gasteiger partial charge in [0.1, 0.15) is 5.69 Å². The maximum Gasteiger partial charge on any atom is 0.302 e. The van der Waals surface area contributed by atoms with Crippen molar-refractivity contribution in [2.45, 2.75) is 19.8 Å². The zero-order valence-electron chi connectivity index (χ0n) is 7.73. The second kappa shape index (κ2) is 4.69. The number of nitrogens with one attached hydrogen (secondary N) is 2. The summed E-state index contributed by atoms with van der Waals surface area (Å²) in [5.41, 5.74) is -1.48. The third-order valence-electron chi connectivity index (χ3n) is 1.71. The van der Waals surface area contributed by atoms with E-state index in [1.807, 2.05) is 6.92 Å². The molecule has 78 valence electrons. The number of hydrogen-bond donors (Lipinski definition) is 2. The lowest BCUT2D eigenvalue weighted by molar-refractivity contribution is 0.524. The van der Waals surface area contributed by atoms with Gasteiger partial charge in [0.05, 0.1) is 0 Å². The van der Waals surface area contributed by atoms with Crippen molar-refractivity contribution < 1.29 is 8.78 Å². The van der Waals surface area contributed by atoms with Crippen molar-refractivity contribution in [2.24, 2.45) is 0 Å². The van der Waals surface area contributed by atoms with Crippen LogP contribution < -0.4 is 10.9 Å². The molecule has 6 heteroatoms. The lowest BCUT2D eigenvalue weighted by Crippen LogP contribution is -2.18. The fraction of sp³-hybridized carbons (Fsp3) is 0.500. The van der Waals surface area contributed by atoms with E-state index in [-0.39, 0.29) is 0 Å². The summed E-state index contributed by atoms with van der Waals surface area (Å²) < 4.78 is 25.9. The summed E-state index contributed by atoms with van der Waals surface area (Å²) in [5.74, 6) is -2.19. The van der Waals surface area contributed by atoms with Gasteiger partial charge >= 0.3 is 5.56 Å². The predicted molar refractivity (Wildman–Crippen MR) is 48.2 cm³/mol. The number of anilines is 1. The van der Waals surface area contributed by atoms with Crippen LogP contribution in [0.1, 0.15) is 19.8 Å². The van der Waals surface area contributed by atoms with Gasteiger partial charge in [-0.3, -0.25) is 4.79 Å². The Labute approximate surface area is 79.3 Å². The number of halogens is 2. The molecule has 0 aliphatic rings. The molecule has 0 fully saturated rings. The van der Waals surface area contributed by atoms with Gasteiger partial charge in [-0.15, -0.1) is 5.10 Å². The van der Waals surface area contributed by atoms with E-state index in [4.69, 9.17) is 0 Å². The highest BCUT2D eigenvalue weighted by molar-refractivity contribution is 5.41. The molecule has 0 aliphatic heterocycles. The molecule has 0 unspecified atom stereocenters. The largest absolute Gasteiger partial charge is 0.379 e. The fourth-order valence-electron chi connectivity index (χ4n) is 0.950. The van der Waals surface area contributed by atoms with Crippen LogP contribution in [0.5, 0.6) is 0 Å². The molecule has 0 saturated carbocycles. The van der Waals surface area contributed by atoms with E-state index in [9.17, 15) is 13.6 Å². The Balaban J connectivity index is 2.84. The maximum atomic E-state index is 13.0. The van der Waals surface area contributed by atoms with E-state index < -0.39 is 23.0 Å². The first-order chi connectivity index (χ1) is 6.66. The second-order valence-corrected chi connectivity index (χ2v) is 2.81. The molecular weight excluding hydrogens is 192 g/mol. The van der Waals surface area contributed by atoms with Gasteiger partial charge in [0.15, 0.2) is 0 Å². The summed E-state index contributed by atoms with van der Waals surface area (Å²) in [6.07, 6.45) is 1.67. The zero-order valence-corrected chi connectivity index (χ0v) is 7.73. The first-order valence-electron chi connectivity index (χ1n) is 4.34. The molecule has 1 rings (SSSR count). The van der Waals surface area contributed by atoms with E-state index in [1.54, 1.807) is 5.10 Å². The van der Waals surface area contributed by atoms with Crippen LogP contribution in [0.15, 0.2) is 4.79 Å². The van der Waals surface area contributed by atoms with Crippen LogP contribution in [0, 0.1) is 11.8 Å². The first-order valence-corrected chi connectivity index (χ1v) is 4.34. The Morgan fingerprint density at radius 1 is 1.50 bits per heavy atom. The lowest BCUT2D eigenvalue weighted by atomic mass is 10.3. The Kier molecular flexibility index (Phi) is 3.55. The summed E-state index contributed by atoms with van der Waals surface area (Å²) in [6, 6.07) is 0. The molecule has 0 bridgehead atoms. The number of aromatic nitrogens is 2. The van der Waals surface area contributed by atoms with Gasteiger partial charge in [-0.2, -0.15) is 8.78 Å². The molecule has 0 aromatic carbocycles. The van der Waals surface area contributed by atoms with Gasteiger partial charge in [0.25, 0.3) is 5.95 Å². The number of aromatic amines is 1. The minimum atomic E-state index is -1.16. The number of H-pyrrole nitrogens is 1. The summed E-state index contributed by atoms with van der Waals surface area (Å²) in [4.78, 5) is 10.7. The first kappa shape index (κ1) is 10.6. The van der Waals surface area contributed by atoms with Crippen molar-refractivity contribution in [1.29, 1.82) is 0 Å². The van der Waals surface area contributed by atoms with E-state index >= 15 is 0 Å². The van der Waals surface area contributed by atoms with Crippen molar-refractivity contribution in [3.63, 3.8) is 0 Å². The second-order valence-electron chi connectivity index (χ2n) is 2.81.